The van der Waals surface area contributed by atoms with Gasteiger partial charge in [0.15, 0.2) is 5.69 Å². The molecule has 0 aliphatic heterocycles. The normalized spacial score (nSPS) is 11.7. The number of nitrogens with two attached hydrogens (primary N) is 1. The molecule has 1 unspecified atom stereocenters. The summed E-state index contributed by atoms with van der Waals surface area (Å²) in [7, 11) is 0. The molecule has 6 heteroatoms. The number of rotatable bonds is 6. The van der Waals surface area contributed by atoms with Crippen LogP contribution >= 0.6 is 0 Å². The Labute approximate surface area is 112 Å². The Morgan fingerprint density at radius 2 is 2.21 bits per heavy atom. The molecule has 4 N–H and O–H groups in total. The number of nitrogens with one attached hydrogen (secondary N) is 2. The van der Waals surface area contributed by atoms with Gasteiger partial charge in [-0.3, -0.25) is 9.59 Å². The zero-order valence-electron chi connectivity index (χ0n) is 11.3. The molecule has 0 bridgehead atoms. The third-order valence-electron chi connectivity index (χ3n) is 2.71. The largest absolute Gasteiger partial charge is 0.397 e. The highest BCUT2D eigenvalue weighted by molar-refractivity contribution is 5.97. The Hall–Kier alpha value is -2.11. The molecule has 1 aromatic heterocycles. The van der Waals surface area contributed by atoms with Crippen molar-refractivity contribution in [2.75, 3.05) is 12.3 Å². The molecular formula is C13H20N4O2. The summed E-state index contributed by atoms with van der Waals surface area (Å²) >= 11 is 0. The number of carbonyl (C=O) groups excluding carboxylic acids is 2. The third kappa shape index (κ3) is 4.95. The first-order valence-corrected chi connectivity index (χ1v) is 6.32. The molecule has 0 aromatic carbocycles. The van der Waals surface area contributed by atoms with E-state index in [1.807, 2.05) is 13.8 Å². The fraction of sp³-hybridized carbons (Fsp3) is 0.462. The lowest BCUT2D eigenvalue weighted by atomic mass is 10.2. The molecule has 0 radical (unpaired) electrons. The molecule has 0 aliphatic rings. The predicted octanol–water partition coefficient (Wildman–Crippen LogP) is 0.698. The number of aromatic nitrogens is 1. The van der Waals surface area contributed by atoms with E-state index in [1.165, 1.54) is 6.20 Å². The van der Waals surface area contributed by atoms with Gasteiger partial charge >= 0.3 is 0 Å². The second-order valence-corrected chi connectivity index (χ2v) is 4.32. The van der Waals surface area contributed by atoms with Gasteiger partial charge in [-0.1, -0.05) is 6.92 Å². The van der Waals surface area contributed by atoms with Gasteiger partial charge in [-0.2, -0.15) is 0 Å². The van der Waals surface area contributed by atoms with E-state index in [0.29, 0.717) is 5.69 Å². The molecule has 0 saturated heterocycles. The lowest BCUT2D eigenvalue weighted by molar-refractivity contribution is -0.121. The predicted molar refractivity (Wildman–Crippen MR) is 73.5 cm³/mol. The fourth-order valence-corrected chi connectivity index (χ4v) is 1.43. The smallest absolute Gasteiger partial charge is 0.272 e. The summed E-state index contributed by atoms with van der Waals surface area (Å²) in [6, 6.07) is 3.41. The number of nitrogens with zero attached hydrogens (tertiary/aromatic N) is 1. The van der Waals surface area contributed by atoms with Crippen molar-refractivity contribution >= 4 is 17.5 Å². The van der Waals surface area contributed by atoms with Gasteiger partial charge in [-0.25, -0.2) is 4.98 Å². The minimum Gasteiger partial charge on any atom is -0.397 e. The number of anilines is 1. The number of nitrogen functional groups attached to an aromatic ring is 1. The Morgan fingerprint density at radius 1 is 1.47 bits per heavy atom. The minimum atomic E-state index is -0.366. The quantitative estimate of drug-likeness (QED) is 0.704. The van der Waals surface area contributed by atoms with Crippen LogP contribution in [0.3, 0.4) is 0 Å². The van der Waals surface area contributed by atoms with Gasteiger partial charge in [-0.05, 0) is 25.5 Å². The van der Waals surface area contributed by atoms with E-state index in [9.17, 15) is 9.59 Å². The van der Waals surface area contributed by atoms with Crippen molar-refractivity contribution in [1.29, 1.82) is 0 Å². The summed E-state index contributed by atoms with van der Waals surface area (Å²) in [6.45, 7) is 4.19. The average Bonchev–Trinajstić information content (AvgIpc) is 2.38. The van der Waals surface area contributed by atoms with Gasteiger partial charge in [0.25, 0.3) is 5.91 Å². The van der Waals surface area contributed by atoms with Crippen LogP contribution in [-0.4, -0.2) is 29.4 Å². The van der Waals surface area contributed by atoms with Crippen LogP contribution in [0.15, 0.2) is 18.3 Å². The molecule has 1 heterocycles. The highest BCUT2D eigenvalue weighted by Crippen LogP contribution is 2.05. The Morgan fingerprint density at radius 3 is 2.84 bits per heavy atom. The maximum absolute atomic E-state index is 11.7. The zero-order valence-corrected chi connectivity index (χ0v) is 11.3. The molecule has 19 heavy (non-hydrogen) atoms. The summed E-state index contributed by atoms with van der Waals surface area (Å²) < 4.78 is 0. The van der Waals surface area contributed by atoms with Crippen LogP contribution in [0.5, 0.6) is 0 Å². The van der Waals surface area contributed by atoms with Gasteiger partial charge in [0.1, 0.15) is 0 Å². The van der Waals surface area contributed by atoms with Gasteiger partial charge in [-0.15, -0.1) is 0 Å². The van der Waals surface area contributed by atoms with Crippen molar-refractivity contribution in [3.63, 3.8) is 0 Å². The van der Waals surface area contributed by atoms with Crippen LogP contribution in [-0.2, 0) is 4.79 Å². The molecular weight excluding hydrogens is 244 g/mol. The lowest BCUT2D eigenvalue weighted by Gasteiger charge is -2.11. The first kappa shape index (κ1) is 14.9. The Balaban J connectivity index is 2.36. The maximum Gasteiger partial charge on any atom is 0.272 e. The minimum absolute atomic E-state index is 0.0800. The number of amides is 2. The van der Waals surface area contributed by atoms with E-state index in [1.54, 1.807) is 12.1 Å². The number of carbonyl (C=O) groups is 2. The summed E-state index contributed by atoms with van der Waals surface area (Å²) in [5, 5.41) is 5.44. The van der Waals surface area contributed by atoms with E-state index in [2.05, 4.69) is 15.6 Å². The van der Waals surface area contributed by atoms with Gasteiger partial charge in [0, 0.05) is 25.2 Å². The molecule has 1 aromatic rings. The van der Waals surface area contributed by atoms with Crippen LogP contribution in [0.4, 0.5) is 5.69 Å². The summed E-state index contributed by atoms with van der Waals surface area (Å²) in [4.78, 5) is 27.1. The van der Waals surface area contributed by atoms with Crippen LogP contribution in [0, 0.1) is 0 Å². The van der Waals surface area contributed by atoms with E-state index < -0.39 is 0 Å². The van der Waals surface area contributed by atoms with E-state index in [4.69, 9.17) is 5.73 Å². The van der Waals surface area contributed by atoms with E-state index in [-0.39, 0.29) is 36.5 Å². The molecule has 1 atom stereocenters. The summed E-state index contributed by atoms with van der Waals surface area (Å²) in [6.07, 6.45) is 2.62. The highest BCUT2D eigenvalue weighted by atomic mass is 16.2. The van der Waals surface area contributed by atoms with Gasteiger partial charge in [0.05, 0.1) is 5.69 Å². The van der Waals surface area contributed by atoms with Crippen molar-refractivity contribution in [3.8, 4) is 0 Å². The zero-order chi connectivity index (χ0) is 14.3. The lowest BCUT2D eigenvalue weighted by Crippen LogP contribution is -2.35. The highest BCUT2D eigenvalue weighted by Gasteiger charge is 2.11. The van der Waals surface area contributed by atoms with E-state index in [0.717, 1.165) is 6.42 Å². The number of hydrogen-bond donors (Lipinski definition) is 3. The summed E-state index contributed by atoms with van der Waals surface area (Å²) in [5.41, 5.74) is 6.14. The van der Waals surface area contributed by atoms with Crippen LogP contribution < -0.4 is 16.4 Å². The Bertz CT molecular complexity index is 448. The standard InChI is InChI=1S/C13H20N4O2/c1-3-9(2)17-11(18)6-8-16-13(19)12-10(14)5-4-7-15-12/h4-5,7,9H,3,6,8,14H2,1-2H3,(H,16,19)(H,17,18). The van der Waals surface area contributed by atoms with Crippen LogP contribution in [0.25, 0.3) is 0 Å². The van der Waals surface area contributed by atoms with Crippen molar-refractivity contribution in [1.82, 2.24) is 15.6 Å². The monoisotopic (exact) mass is 264 g/mol. The first-order chi connectivity index (χ1) is 9.04. The first-order valence-electron chi connectivity index (χ1n) is 6.32. The molecule has 1 rings (SSSR count). The molecule has 0 fully saturated rings. The molecule has 0 saturated carbocycles. The number of hydrogen-bond acceptors (Lipinski definition) is 4. The second kappa shape index (κ2) is 7.35. The second-order valence-electron chi connectivity index (χ2n) is 4.32. The van der Waals surface area contributed by atoms with E-state index >= 15 is 0 Å². The maximum atomic E-state index is 11.7. The molecule has 104 valence electrons. The topological polar surface area (TPSA) is 97.1 Å². The fourth-order valence-electron chi connectivity index (χ4n) is 1.43. The Kier molecular flexibility index (Phi) is 5.78. The molecule has 0 aliphatic carbocycles. The van der Waals surface area contributed by atoms with Crippen molar-refractivity contribution < 1.29 is 9.59 Å². The molecule has 2 amide bonds. The van der Waals surface area contributed by atoms with Crippen molar-refractivity contribution in [2.24, 2.45) is 0 Å². The van der Waals surface area contributed by atoms with Crippen molar-refractivity contribution in [2.45, 2.75) is 32.7 Å². The SMILES string of the molecule is CCC(C)NC(=O)CCNC(=O)c1ncccc1N. The number of pyridine rings is 1. The van der Waals surface area contributed by atoms with Gasteiger partial charge in [0.2, 0.25) is 5.91 Å². The molecule has 0 spiro atoms. The van der Waals surface area contributed by atoms with Crippen molar-refractivity contribution in [3.05, 3.63) is 24.0 Å². The third-order valence-corrected chi connectivity index (χ3v) is 2.71. The molecule has 6 nitrogen and oxygen atoms in total. The van der Waals surface area contributed by atoms with Crippen LogP contribution in [0.2, 0.25) is 0 Å². The van der Waals surface area contributed by atoms with Crippen LogP contribution in [0.1, 0.15) is 37.2 Å². The average molecular weight is 264 g/mol. The summed E-state index contributed by atoms with van der Waals surface area (Å²) in [5.74, 6) is -0.446. The van der Waals surface area contributed by atoms with Gasteiger partial charge < -0.3 is 16.4 Å².